The predicted molar refractivity (Wildman–Crippen MR) is 81.6 cm³/mol. The molecule has 0 radical (unpaired) electrons. The Bertz CT molecular complexity index is 569. The molecule has 21 heavy (non-hydrogen) atoms. The predicted octanol–water partition coefficient (Wildman–Crippen LogP) is 2.90. The van der Waals surface area contributed by atoms with E-state index in [2.05, 4.69) is 19.2 Å². The lowest BCUT2D eigenvalue weighted by atomic mass is 9.84. The number of piperidine rings is 1. The first-order valence-corrected chi connectivity index (χ1v) is 7.09. The number of hydrogen-bond donors (Lipinski definition) is 1. The molecule has 1 fully saturated rings. The molecule has 0 bridgehead atoms. The van der Waals surface area contributed by atoms with Crippen LogP contribution < -0.4 is 5.32 Å². The monoisotopic (exact) mass is 291 g/mol. The third-order valence-corrected chi connectivity index (χ3v) is 3.90. The lowest BCUT2D eigenvalue weighted by molar-refractivity contribution is -0.383. The van der Waals surface area contributed by atoms with Crippen molar-refractivity contribution in [3.8, 4) is 0 Å². The first-order chi connectivity index (χ1) is 9.84. The van der Waals surface area contributed by atoms with Crippen molar-refractivity contribution in [2.24, 2.45) is 5.41 Å². The van der Waals surface area contributed by atoms with Crippen molar-refractivity contribution >= 4 is 17.3 Å². The van der Waals surface area contributed by atoms with Crippen LogP contribution in [0.15, 0.2) is 18.2 Å². The van der Waals surface area contributed by atoms with Gasteiger partial charge in [0.1, 0.15) is 5.69 Å². The molecule has 1 saturated heterocycles. The molecule has 6 nitrogen and oxygen atoms in total. The summed E-state index contributed by atoms with van der Waals surface area (Å²) in [5.41, 5.74) is 0.957. The van der Waals surface area contributed by atoms with E-state index in [1.165, 1.54) is 12.1 Å². The van der Waals surface area contributed by atoms with Crippen LogP contribution in [0.2, 0.25) is 0 Å². The zero-order valence-corrected chi connectivity index (χ0v) is 12.7. The van der Waals surface area contributed by atoms with Gasteiger partial charge in [-0.25, -0.2) is 0 Å². The van der Waals surface area contributed by atoms with Gasteiger partial charge < -0.3 is 10.2 Å². The second-order valence-corrected chi connectivity index (χ2v) is 6.23. The fourth-order valence-electron chi connectivity index (χ4n) is 2.81. The van der Waals surface area contributed by atoms with Crippen molar-refractivity contribution in [3.05, 3.63) is 33.9 Å². The van der Waals surface area contributed by atoms with Crippen LogP contribution in [0.25, 0.3) is 0 Å². The number of amides is 1. The van der Waals surface area contributed by atoms with Crippen molar-refractivity contribution in [1.82, 2.24) is 4.90 Å². The van der Waals surface area contributed by atoms with Crippen LogP contribution in [-0.2, 0) is 0 Å². The van der Waals surface area contributed by atoms with E-state index in [0.717, 1.165) is 25.9 Å². The van der Waals surface area contributed by atoms with Crippen molar-refractivity contribution in [1.29, 1.82) is 0 Å². The highest BCUT2D eigenvalue weighted by Crippen LogP contribution is 2.30. The van der Waals surface area contributed by atoms with Crippen LogP contribution in [0.3, 0.4) is 0 Å². The van der Waals surface area contributed by atoms with Crippen molar-refractivity contribution in [2.75, 3.05) is 25.5 Å². The van der Waals surface area contributed by atoms with Crippen LogP contribution >= 0.6 is 0 Å². The van der Waals surface area contributed by atoms with E-state index in [0.29, 0.717) is 11.3 Å². The van der Waals surface area contributed by atoms with E-state index in [1.54, 1.807) is 13.1 Å². The Balaban J connectivity index is 2.25. The molecule has 114 valence electrons. The fraction of sp³-hybridized carbons (Fsp3) is 0.533. The molecular weight excluding hydrogens is 270 g/mol. The maximum atomic E-state index is 12.6. The van der Waals surface area contributed by atoms with Crippen LogP contribution in [-0.4, -0.2) is 35.9 Å². The molecule has 1 aliphatic rings. The molecule has 0 atom stereocenters. The number of carbonyl (C=O) groups excluding carboxylic acids is 1. The Kier molecular flexibility index (Phi) is 4.16. The molecule has 1 amide bonds. The summed E-state index contributed by atoms with van der Waals surface area (Å²) in [5, 5.41) is 13.7. The molecule has 0 unspecified atom stereocenters. The Morgan fingerprint density at radius 2 is 2.14 bits per heavy atom. The normalized spacial score (nSPS) is 17.4. The zero-order chi connectivity index (χ0) is 15.6. The Labute approximate surface area is 124 Å². The zero-order valence-electron chi connectivity index (χ0n) is 12.7. The number of hydrogen-bond acceptors (Lipinski definition) is 4. The summed E-state index contributed by atoms with van der Waals surface area (Å²) in [6.07, 6.45) is 2.10. The second kappa shape index (κ2) is 5.71. The van der Waals surface area contributed by atoms with Gasteiger partial charge in [0.15, 0.2) is 0 Å². The van der Waals surface area contributed by atoms with Crippen LogP contribution in [0.4, 0.5) is 11.4 Å². The molecule has 1 heterocycles. The summed E-state index contributed by atoms with van der Waals surface area (Å²) in [6.45, 7) is 5.77. The summed E-state index contributed by atoms with van der Waals surface area (Å²) in [4.78, 5) is 24.9. The van der Waals surface area contributed by atoms with Crippen molar-refractivity contribution in [2.45, 2.75) is 26.7 Å². The lowest BCUT2D eigenvalue weighted by Crippen LogP contribution is -2.43. The largest absolute Gasteiger partial charge is 0.383 e. The second-order valence-electron chi connectivity index (χ2n) is 6.23. The highest BCUT2D eigenvalue weighted by molar-refractivity contribution is 5.96. The van der Waals surface area contributed by atoms with E-state index in [4.69, 9.17) is 0 Å². The molecule has 2 rings (SSSR count). The average Bonchev–Trinajstić information content (AvgIpc) is 2.44. The highest BCUT2D eigenvalue weighted by Gasteiger charge is 2.30. The molecule has 1 N–H and O–H groups in total. The van der Waals surface area contributed by atoms with Gasteiger partial charge in [-0.1, -0.05) is 13.8 Å². The number of benzene rings is 1. The van der Waals surface area contributed by atoms with Crippen molar-refractivity contribution < 1.29 is 9.72 Å². The van der Waals surface area contributed by atoms with Crippen LogP contribution in [0.1, 0.15) is 37.0 Å². The molecule has 1 aromatic carbocycles. The SMILES string of the molecule is CNc1cc(C(=O)N2CCCC(C)(C)C2)ccc1[N+](=O)[O-]. The minimum Gasteiger partial charge on any atom is -0.383 e. The number of carbonyl (C=O) groups is 1. The van der Waals surface area contributed by atoms with Gasteiger partial charge in [0.25, 0.3) is 11.6 Å². The van der Waals surface area contributed by atoms with Gasteiger partial charge in [0, 0.05) is 31.8 Å². The van der Waals surface area contributed by atoms with Gasteiger partial charge >= 0.3 is 0 Å². The van der Waals surface area contributed by atoms with E-state index in [-0.39, 0.29) is 17.0 Å². The summed E-state index contributed by atoms with van der Waals surface area (Å²) >= 11 is 0. The molecule has 0 aliphatic carbocycles. The average molecular weight is 291 g/mol. The Morgan fingerprint density at radius 3 is 2.71 bits per heavy atom. The molecule has 1 aliphatic heterocycles. The van der Waals surface area contributed by atoms with Gasteiger partial charge in [-0.3, -0.25) is 14.9 Å². The van der Waals surface area contributed by atoms with Gasteiger partial charge in [-0.2, -0.15) is 0 Å². The minimum absolute atomic E-state index is 0.0203. The smallest absolute Gasteiger partial charge is 0.292 e. The maximum absolute atomic E-state index is 12.6. The van der Waals surface area contributed by atoms with Gasteiger partial charge in [-0.15, -0.1) is 0 Å². The molecule has 0 saturated carbocycles. The summed E-state index contributed by atoms with van der Waals surface area (Å²) in [5.74, 6) is -0.0610. The number of nitro groups is 1. The third kappa shape index (κ3) is 3.32. The quantitative estimate of drug-likeness (QED) is 0.686. The Morgan fingerprint density at radius 1 is 1.43 bits per heavy atom. The summed E-state index contributed by atoms with van der Waals surface area (Å²) in [6, 6.07) is 4.47. The number of anilines is 1. The van der Waals surface area contributed by atoms with Gasteiger partial charge in [0.05, 0.1) is 4.92 Å². The van der Waals surface area contributed by atoms with Crippen molar-refractivity contribution in [3.63, 3.8) is 0 Å². The molecule has 0 aromatic heterocycles. The maximum Gasteiger partial charge on any atom is 0.292 e. The number of nitrogens with one attached hydrogen (secondary N) is 1. The summed E-state index contributed by atoms with van der Waals surface area (Å²) < 4.78 is 0. The molecule has 1 aromatic rings. The van der Waals surface area contributed by atoms with E-state index < -0.39 is 4.92 Å². The number of rotatable bonds is 3. The standard InChI is InChI=1S/C15H21N3O3/c1-15(2)7-4-8-17(10-15)14(19)11-5-6-13(18(20)21)12(9-11)16-3/h5-6,9,16H,4,7-8,10H2,1-3H3. The number of likely N-dealkylation sites (tertiary alicyclic amines) is 1. The number of nitro benzene ring substituents is 1. The lowest BCUT2D eigenvalue weighted by Gasteiger charge is -2.38. The van der Waals surface area contributed by atoms with Crippen LogP contribution in [0.5, 0.6) is 0 Å². The van der Waals surface area contributed by atoms with E-state index >= 15 is 0 Å². The number of nitrogens with zero attached hydrogens (tertiary/aromatic N) is 2. The minimum atomic E-state index is -0.454. The molecular formula is C15H21N3O3. The fourth-order valence-corrected chi connectivity index (χ4v) is 2.81. The first kappa shape index (κ1) is 15.3. The van der Waals surface area contributed by atoms with Gasteiger partial charge in [0.2, 0.25) is 0 Å². The first-order valence-electron chi connectivity index (χ1n) is 7.09. The highest BCUT2D eigenvalue weighted by atomic mass is 16.6. The van der Waals surface area contributed by atoms with E-state index in [1.807, 2.05) is 4.90 Å². The van der Waals surface area contributed by atoms with E-state index in [9.17, 15) is 14.9 Å². The summed E-state index contributed by atoms with van der Waals surface area (Å²) in [7, 11) is 1.61. The molecule has 0 spiro atoms. The Hall–Kier alpha value is -2.11. The third-order valence-electron chi connectivity index (χ3n) is 3.90. The van der Waals surface area contributed by atoms with Crippen LogP contribution in [0, 0.1) is 15.5 Å². The topological polar surface area (TPSA) is 75.5 Å². The van der Waals surface area contributed by atoms with Gasteiger partial charge in [-0.05, 0) is 30.4 Å². The molecule has 6 heteroatoms.